The molecule has 2 amide bonds. The Balaban J connectivity index is 1.49. The number of hydrogen-bond acceptors (Lipinski definition) is 4. The van der Waals surface area contributed by atoms with E-state index in [4.69, 9.17) is 5.73 Å². The van der Waals surface area contributed by atoms with Gasteiger partial charge in [0.15, 0.2) is 0 Å². The van der Waals surface area contributed by atoms with Crippen molar-refractivity contribution in [2.45, 2.75) is 51.6 Å². The molecule has 5 nitrogen and oxygen atoms in total. The van der Waals surface area contributed by atoms with Crippen LogP contribution in [0.25, 0.3) is 0 Å². The van der Waals surface area contributed by atoms with Gasteiger partial charge in [0.05, 0.1) is 10.9 Å². The molecule has 148 valence electrons. The minimum absolute atomic E-state index is 0.0487. The molecule has 1 aliphatic carbocycles. The average Bonchev–Trinajstić information content (AvgIpc) is 3.29. The van der Waals surface area contributed by atoms with Crippen molar-refractivity contribution in [3.8, 4) is 0 Å². The molecule has 1 aromatic carbocycles. The largest absolute Gasteiger partial charge is 0.368 e. The van der Waals surface area contributed by atoms with Gasteiger partial charge in [-0.15, -0.1) is 11.3 Å². The Kier molecular flexibility index (Phi) is 5.51. The maximum atomic E-state index is 12.9. The number of hydrogen-bond donors (Lipinski definition) is 2. The van der Waals surface area contributed by atoms with Crippen LogP contribution < -0.4 is 11.1 Å². The number of thiophene rings is 1. The van der Waals surface area contributed by atoms with Crippen LogP contribution in [-0.4, -0.2) is 29.3 Å². The summed E-state index contributed by atoms with van der Waals surface area (Å²) in [5.41, 5.74) is 8.70. The second kappa shape index (κ2) is 8.05. The van der Waals surface area contributed by atoms with E-state index in [2.05, 4.69) is 23.2 Å². The van der Waals surface area contributed by atoms with Crippen molar-refractivity contribution in [1.82, 2.24) is 4.90 Å². The van der Waals surface area contributed by atoms with Crippen molar-refractivity contribution in [2.75, 3.05) is 11.9 Å². The first-order valence-corrected chi connectivity index (χ1v) is 10.9. The number of likely N-dealkylation sites (tertiary alicyclic amines) is 1. The van der Waals surface area contributed by atoms with E-state index in [1.54, 1.807) is 11.3 Å². The summed E-state index contributed by atoms with van der Waals surface area (Å²) >= 11 is 1.62. The van der Waals surface area contributed by atoms with Gasteiger partial charge in [-0.25, -0.2) is 0 Å². The van der Waals surface area contributed by atoms with E-state index in [1.807, 2.05) is 24.3 Å². The third kappa shape index (κ3) is 3.98. The molecule has 0 spiro atoms. The first-order chi connectivity index (χ1) is 13.5. The molecular weight excluding hydrogens is 370 g/mol. The first kappa shape index (κ1) is 19.2. The van der Waals surface area contributed by atoms with E-state index in [1.165, 1.54) is 16.9 Å². The summed E-state index contributed by atoms with van der Waals surface area (Å²) in [5.74, 6) is 0.377. The number of amides is 2. The van der Waals surface area contributed by atoms with Crippen LogP contribution in [0.2, 0.25) is 0 Å². The minimum Gasteiger partial charge on any atom is -0.368 e. The SMILES string of the molecule is CC1CCc2sc(C(=O)Nc3ccccc3CN3CCCC3C(N)=O)cc2C1. The molecule has 28 heavy (non-hydrogen) atoms. The highest BCUT2D eigenvalue weighted by atomic mass is 32.1. The number of nitrogens with two attached hydrogens (primary N) is 1. The summed E-state index contributed by atoms with van der Waals surface area (Å²) < 4.78 is 0. The predicted octanol–water partition coefficient (Wildman–Crippen LogP) is 3.57. The number of benzene rings is 1. The van der Waals surface area contributed by atoms with Crippen molar-refractivity contribution >= 4 is 28.8 Å². The van der Waals surface area contributed by atoms with Gasteiger partial charge < -0.3 is 11.1 Å². The zero-order valence-corrected chi connectivity index (χ0v) is 17.1. The van der Waals surface area contributed by atoms with Crippen LogP contribution in [0.4, 0.5) is 5.69 Å². The second-order valence-corrected chi connectivity index (χ2v) is 9.19. The quantitative estimate of drug-likeness (QED) is 0.810. The van der Waals surface area contributed by atoms with Gasteiger partial charge in [0, 0.05) is 17.1 Å². The first-order valence-electron chi connectivity index (χ1n) is 10.1. The van der Waals surface area contributed by atoms with Crippen LogP contribution in [0.3, 0.4) is 0 Å². The van der Waals surface area contributed by atoms with Gasteiger partial charge in [-0.2, -0.15) is 0 Å². The van der Waals surface area contributed by atoms with Crippen LogP contribution in [0.5, 0.6) is 0 Å². The Bertz CT molecular complexity index is 892. The van der Waals surface area contributed by atoms with Gasteiger partial charge in [-0.05, 0) is 67.8 Å². The fourth-order valence-corrected chi connectivity index (χ4v) is 5.44. The summed E-state index contributed by atoms with van der Waals surface area (Å²) in [4.78, 5) is 28.8. The second-order valence-electron chi connectivity index (χ2n) is 8.05. The lowest BCUT2D eigenvalue weighted by molar-refractivity contribution is -0.122. The number of carbonyl (C=O) groups excluding carboxylic acids is 2. The zero-order valence-electron chi connectivity index (χ0n) is 16.2. The molecule has 2 aliphatic rings. The normalized spacial score (nSPS) is 22.0. The highest BCUT2D eigenvalue weighted by Gasteiger charge is 2.29. The van der Waals surface area contributed by atoms with Crippen LogP contribution in [0.15, 0.2) is 30.3 Å². The lowest BCUT2D eigenvalue weighted by atomic mass is 9.90. The number of nitrogens with zero attached hydrogens (tertiary/aromatic N) is 1. The number of nitrogens with one attached hydrogen (secondary N) is 1. The van der Waals surface area contributed by atoms with Gasteiger partial charge in [0.2, 0.25) is 5.91 Å². The third-order valence-corrected chi connectivity index (χ3v) is 7.12. The molecule has 1 fully saturated rings. The van der Waals surface area contributed by atoms with Crippen molar-refractivity contribution in [3.05, 3.63) is 51.2 Å². The standard InChI is InChI=1S/C22H27N3O2S/c1-14-8-9-19-16(11-14)12-20(28-19)22(27)24-17-6-3-2-5-15(17)13-25-10-4-7-18(25)21(23)26/h2-3,5-6,12,14,18H,4,7-11,13H2,1H3,(H2,23,26)(H,24,27). The van der Waals surface area contributed by atoms with Crippen molar-refractivity contribution in [2.24, 2.45) is 11.7 Å². The van der Waals surface area contributed by atoms with E-state index >= 15 is 0 Å². The van der Waals surface area contributed by atoms with Gasteiger partial charge in [0.1, 0.15) is 0 Å². The number of primary amides is 1. The van der Waals surface area contributed by atoms with Gasteiger partial charge in [-0.1, -0.05) is 25.1 Å². The fourth-order valence-electron chi connectivity index (χ4n) is 4.34. The molecule has 1 aromatic heterocycles. The molecule has 0 bridgehead atoms. The van der Waals surface area contributed by atoms with Gasteiger partial charge in [-0.3, -0.25) is 14.5 Å². The Hall–Kier alpha value is -2.18. The zero-order chi connectivity index (χ0) is 19.7. The summed E-state index contributed by atoms with van der Waals surface area (Å²) in [6.45, 7) is 3.74. The van der Waals surface area contributed by atoms with E-state index in [0.717, 1.165) is 48.4 Å². The van der Waals surface area contributed by atoms with Crippen LogP contribution >= 0.6 is 11.3 Å². The Morgan fingerprint density at radius 3 is 2.93 bits per heavy atom. The number of anilines is 1. The van der Waals surface area contributed by atoms with E-state index in [0.29, 0.717) is 12.5 Å². The topological polar surface area (TPSA) is 75.4 Å². The molecular formula is C22H27N3O2S. The van der Waals surface area contributed by atoms with Gasteiger partial charge in [0.25, 0.3) is 5.91 Å². The molecule has 0 radical (unpaired) electrons. The highest BCUT2D eigenvalue weighted by Crippen LogP contribution is 2.33. The molecule has 6 heteroatoms. The van der Waals surface area contributed by atoms with E-state index in [-0.39, 0.29) is 17.9 Å². The molecule has 3 N–H and O–H groups in total. The molecule has 1 saturated heterocycles. The summed E-state index contributed by atoms with van der Waals surface area (Å²) in [6.07, 6.45) is 5.13. The Morgan fingerprint density at radius 2 is 2.11 bits per heavy atom. The van der Waals surface area contributed by atoms with Crippen LogP contribution in [0.1, 0.15) is 51.9 Å². The maximum absolute atomic E-state index is 12.9. The molecule has 2 heterocycles. The number of para-hydroxylation sites is 1. The molecule has 4 rings (SSSR count). The van der Waals surface area contributed by atoms with Crippen LogP contribution in [0, 0.1) is 5.92 Å². The monoisotopic (exact) mass is 397 g/mol. The molecule has 2 aromatic rings. The molecule has 1 aliphatic heterocycles. The number of rotatable bonds is 5. The third-order valence-electron chi connectivity index (χ3n) is 5.88. The summed E-state index contributed by atoms with van der Waals surface area (Å²) in [7, 11) is 0. The number of fused-ring (bicyclic) bond motifs is 1. The summed E-state index contributed by atoms with van der Waals surface area (Å²) in [5, 5.41) is 3.09. The Labute approximate surface area is 169 Å². The summed E-state index contributed by atoms with van der Waals surface area (Å²) in [6, 6.07) is 9.68. The lowest BCUT2D eigenvalue weighted by Crippen LogP contribution is -2.39. The van der Waals surface area contributed by atoms with Gasteiger partial charge >= 0.3 is 0 Å². The molecule has 0 saturated carbocycles. The number of carbonyl (C=O) groups is 2. The van der Waals surface area contributed by atoms with Crippen molar-refractivity contribution < 1.29 is 9.59 Å². The van der Waals surface area contributed by atoms with Crippen molar-refractivity contribution in [3.63, 3.8) is 0 Å². The van der Waals surface area contributed by atoms with E-state index < -0.39 is 0 Å². The predicted molar refractivity (Wildman–Crippen MR) is 113 cm³/mol. The smallest absolute Gasteiger partial charge is 0.265 e. The Morgan fingerprint density at radius 1 is 1.29 bits per heavy atom. The van der Waals surface area contributed by atoms with Crippen molar-refractivity contribution in [1.29, 1.82) is 0 Å². The maximum Gasteiger partial charge on any atom is 0.265 e. The number of aryl methyl sites for hydroxylation is 1. The average molecular weight is 398 g/mol. The fraction of sp³-hybridized carbons (Fsp3) is 0.455. The lowest BCUT2D eigenvalue weighted by Gasteiger charge is -2.23. The molecule has 2 atom stereocenters. The van der Waals surface area contributed by atoms with Crippen LogP contribution in [-0.2, 0) is 24.2 Å². The highest BCUT2D eigenvalue weighted by molar-refractivity contribution is 7.14. The molecule has 2 unspecified atom stereocenters. The minimum atomic E-state index is -0.266. The van der Waals surface area contributed by atoms with E-state index in [9.17, 15) is 9.59 Å².